The summed E-state index contributed by atoms with van der Waals surface area (Å²) in [6.45, 7) is 3.91. The van der Waals surface area contributed by atoms with E-state index >= 15 is 0 Å². The van der Waals surface area contributed by atoms with Gasteiger partial charge in [-0.3, -0.25) is 0 Å². The maximum Gasteiger partial charge on any atom is 0.0763 e. The molecule has 0 atom stereocenters. The zero-order valence-electron chi connectivity index (χ0n) is 10.00. The van der Waals surface area contributed by atoms with Crippen LogP contribution in [0.4, 0.5) is 0 Å². The minimum absolute atomic E-state index is 0.445. The van der Waals surface area contributed by atoms with Crippen LogP contribution in [0.15, 0.2) is 34.9 Å². The first-order chi connectivity index (χ1) is 7.92. The number of halogens is 1. The summed E-state index contributed by atoms with van der Waals surface area (Å²) >= 11 is 3.37. The van der Waals surface area contributed by atoms with Crippen LogP contribution in [0.1, 0.15) is 19.4 Å². The highest BCUT2D eigenvalue weighted by atomic mass is 79.9. The third-order valence-corrected chi connectivity index (χ3v) is 2.65. The molecule has 0 aliphatic rings. The molecule has 0 spiro atoms. The van der Waals surface area contributed by atoms with Gasteiger partial charge < -0.3 is 15.8 Å². The Morgan fingerprint density at radius 3 is 2.47 bits per heavy atom. The van der Waals surface area contributed by atoms with Gasteiger partial charge in [0.15, 0.2) is 0 Å². The first-order valence-electron chi connectivity index (χ1n) is 5.35. The van der Waals surface area contributed by atoms with E-state index in [0.29, 0.717) is 6.54 Å². The van der Waals surface area contributed by atoms with Crippen molar-refractivity contribution in [2.75, 3.05) is 6.54 Å². The number of allylic oxidation sites excluding steroid dienone is 1. The quantitative estimate of drug-likeness (QED) is 0.732. The van der Waals surface area contributed by atoms with Crippen LogP contribution in [-0.2, 0) is 0 Å². The molecule has 0 saturated carbocycles. The predicted octanol–water partition coefficient (Wildman–Crippen LogP) is 2.80. The first kappa shape index (κ1) is 13.9. The smallest absolute Gasteiger partial charge is 0.0763 e. The van der Waals surface area contributed by atoms with Gasteiger partial charge >= 0.3 is 0 Å². The van der Waals surface area contributed by atoms with Crippen LogP contribution >= 0.6 is 15.9 Å². The molecule has 0 fully saturated rings. The van der Waals surface area contributed by atoms with E-state index in [9.17, 15) is 5.11 Å². The second kappa shape index (κ2) is 5.98. The Labute approximate surface area is 110 Å². The van der Waals surface area contributed by atoms with E-state index in [1.165, 1.54) is 6.21 Å². The van der Waals surface area contributed by atoms with Crippen LogP contribution in [0.2, 0.25) is 0 Å². The van der Waals surface area contributed by atoms with Crippen molar-refractivity contribution in [2.24, 2.45) is 0 Å². The Hall–Kier alpha value is -1.13. The Kier molecular flexibility index (Phi) is 4.90. The Morgan fingerprint density at radius 1 is 1.41 bits per heavy atom. The maximum atomic E-state index is 9.56. The Morgan fingerprint density at radius 2 is 2.00 bits per heavy atom. The SMILES string of the molecule is CC(C)(O)CN/C=C(\C=N)c1ccc(Br)cc1. The van der Waals surface area contributed by atoms with Crippen molar-refractivity contribution >= 4 is 27.7 Å². The highest BCUT2D eigenvalue weighted by Gasteiger charge is 2.10. The second-order valence-electron chi connectivity index (χ2n) is 4.44. The van der Waals surface area contributed by atoms with Gasteiger partial charge in [0.2, 0.25) is 0 Å². The molecular weight excluding hydrogens is 280 g/mol. The lowest BCUT2D eigenvalue weighted by molar-refractivity contribution is 0.0836. The molecule has 0 aliphatic heterocycles. The molecule has 1 rings (SSSR count). The van der Waals surface area contributed by atoms with Gasteiger partial charge in [-0.05, 0) is 31.5 Å². The molecule has 3 nitrogen and oxygen atoms in total. The zero-order valence-corrected chi connectivity index (χ0v) is 11.6. The van der Waals surface area contributed by atoms with Gasteiger partial charge in [-0.25, -0.2) is 0 Å². The molecule has 92 valence electrons. The summed E-state index contributed by atoms with van der Waals surface area (Å²) in [7, 11) is 0. The summed E-state index contributed by atoms with van der Waals surface area (Å²) in [5.74, 6) is 0. The minimum atomic E-state index is -0.761. The normalized spacial score (nSPS) is 12.4. The average molecular weight is 297 g/mol. The molecule has 0 aliphatic carbocycles. The number of nitrogens with one attached hydrogen (secondary N) is 2. The van der Waals surface area contributed by atoms with E-state index in [1.54, 1.807) is 20.0 Å². The second-order valence-corrected chi connectivity index (χ2v) is 5.36. The van der Waals surface area contributed by atoms with Crippen molar-refractivity contribution in [2.45, 2.75) is 19.4 Å². The van der Waals surface area contributed by atoms with Crippen molar-refractivity contribution in [1.82, 2.24) is 5.32 Å². The number of benzene rings is 1. The third-order valence-electron chi connectivity index (χ3n) is 2.13. The maximum absolute atomic E-state index is 9.56. The summed E-state index contributed by atoms with van der Waals surface area (Å²) < 4.78 is 1.01. The summed E-state index contributed by atoms with van der Waals surface area (Å²) in [4.78, 5) is 0. The van der Waals surface area contributed by atoms with Gasteiger partial charge in [0.1, 0.15) is 0 Å². The molecular formula is C13H17BrN2O. The minimum Gasteiger partial charge on any atom is -0.389 e. The van der Waals surface area contributed by atoms with Crippen molar-refractivity contribution in [3.63, 3.8) is 0 Å². The van der Waals surface area contributed by atoms with Crippen molar-refractivity contribution in [3.05, 3.63) is 40.5 Å². The van der Waals surface area contributed by atoms with Crippen molar-refractivity contribution < 1.29 is 5.11 Å². The largest absolute Gasteiger partial charge is 0.389 e. The highest BCUT2D eigenvalue weighted by molar-refractivity contribution is 9.10. The van der Waals surface area contributed by atoms with Gasteiger partial charge in [-0.2, -0.15) is 0 Å². The van der Waals surface area contributed by atoms with E-state index < -0.39 is 5.60 Å². The standard InChI is InChI=1S/C13H17BrN2O/c1-13(2,17)9-16-8-11(7-15)10-3-5-12(14)6-4-10/h3-8,15-17H,9H2,1-2H3/b11-8+,15-7?. The van der Waals surface area contributed by atoms with Crippen molar-refractivity contribution in [1.29, 1.82) is 5.41 Å². The summed E-state index contributed by atoms with van der Waals surface area (Å²) in [6, 6.07) is 7.74. The van der Waals surface area contributed by atoms with Gasteiger partial charge in [-0.1, -0.05) is 28.1 Å². The Bertz CT molecular complexity index is 404. The summed E-state index contributed by atoms with van der Waals surface area (Å²) in [6.07, 6.45) is 3.04. The lowest BCUT2D eigenvalue weighted by Gasteiger charge is -2.16. The molecule has 0 radical (unpaired) electrons. The lowest BCUT2D eigenvalue weighted by atomic mass is 10.1. The third kappa shape index (κ3) is 5.15. The predicted molar refractivity (Wildman–Crippen MR) is 75.2 cm³/mol. The monoisotopic (exact) mass is 296 g/mol. The molecule has 0 saturated heterocycles. The molecule has 1 aromatic rings. The van der Waals surface area contributed by atoms with Gasteiger partial charge in [0, 0.05) is 29.0 Å². The van der Waals surface area contributed by atoms with E-state index in [1.807, 2.05) is 24.3 Å². The molecule has 0 heterocycles. The topological polar surface area (TPSA) is 56.1 Å². The fourth-order valence-corrected chi connectivity index (χ4v) is 1.53. The summed E-state index contributed by atoms with van der Waals surface area (Å²) in [5, 5.41) is 19.9. The zero-order chi connectivity index (χ0) is 12.9. The van der Waals surface area contributed by atoms with E-state index in [0.717, 1.165) is 15.6 Å². The van der Waals surface area contributed by atoms with Gasteiger partial charge in [-0.15, -0.1) is 0 Å². The molecule has 4 heteroatoms. The highest BCUT2D eigenvalue weighted by Crippen LogP contribution is 2.16. The summed E-state index contributed by atoms with van der Waals surface area (Å²) in [5.41, 5.74) is 0.983. The van der Waals surface area contributed by atoms with E-state index in [-0.39, 0.29) is 0 Å². The molecule has 17 heavy (non-hydrogen) atoms. The molecule has 1 aromatic carbocycles. The van der Waals surface area contributed by atoms with Crippen LogP contribution in [0, 0.1) is 5.41 Å². The average Bonchev–Trinajstić information content (AvgIpc) is 2.24. The number of hydrogen-bond donors (Lipinski definition) is 3. The van der Waals surface area contributed by atoms with Gasteiger partial charge in [0.25, 0.3) is 0 Å². The van der Waals surface area contributed by atoms with Crippen LogP contribution in [0.5, 0.6) is 0 Å². The fraction of sp³-hybridized carbons (Fsp3) is 0.308. The van der Waals surface area contributed by atoms with Crippen LogP contribution < -0.4 is 5.32 Å². The molecule has 0 bridgehead atoms. The van der Waals surface area contributed by atoms with Crippen molar-refractivity contribution in [3.8, 4) is 0 Å². The molecule has 3 N–H and O–H groups in total. The Balaban J connectivity index is 2.74. The number of aliphatic hydroxyl groups is 1. The molecule has 0 amide bonds. The van der Waals surface area contributed by atoms with Crippen LogP contribution in [0.3, 0.4) is 0 Å². The molecule has 0 unspecified atom stereocenters. The van der Waals surface area contributed by atoms with Gasteiger partial charge in [0.05, 0.1) is 5.60 Å². The van der Waals surface area contributed by atoms with E-state index in [2.05, 4.69) is 21.2 Å². The first-order valence-corrected chi connectivity index (χ1v) is 6.14. The number of hydrogen-bond acceptors (Lipinski definition) is 3. The van der Waals surface area contributed by atoms with Crippen LogP contribution in [-0.4, -0.2) is 23.5 Å². The van der Waals surface area contributed by atoms with Crippen LogP contribution in [0.25, 0.3) is 5.57 Å². The molecule has 0 aromatic heterocycles. The lowest BCUT2D eigenvalue weighted by Crippen LogP contribution is -2.32. The van der Waals surface area contributed by atoms with E-state index in [4.69, 9.17) is 5.41 Å². The fourth-order valence-electron chi connectivity index (χ4n) is 1.26. The number of rotatable bonds is 5.